The third kappa shape index (κ3) is 3.46. The lowest BCUT2D eigenvalue weighted by atomic mass is 9.75. The molecular weight excluding hydrogens is 340 g/mol. The van der Waals surface area contributed by atoms with Crippen LogP contribution in [0.1, 0.15) is 60.5 Å². The average molecular weight is 366 g/mol. The molecule has 0 radical (unpaired) electrons. The lowest BCUT2D eigenvalue weighted by Gasteiger charge is -2.32. The van der Waals surface area contributed by atoms with E-state index in [0.29, 0.717) is 42.9 Å². The van der Waals surface area contributed by atoms with Gasteiger partial charge in [0.25, 0.3) is 11.5 Å². The number of benzene rings is 1. The molecular formula is C22H26N2O3. The first-order valence-corrected chi connectivity index (χ1v) is 9.46. The quantitative estimate of drug-likeness (QED) is 0.832. The van der Waals surface area contributed by atoms with Crippen LogP contribution in [0, 0.1) is 5.41 Å². The Balaban J connectivity index is 2.32. The Labute approximate surface area is 159 Å². The van der Waals surface area contributed by atoms with Crippen LogP contribution in [0.2, 0.25) is 0 Å². The summed E-state index contributed by atoms with van der Waals surface area (Å²) < 4.78 is 1.56. The predicted molar refractivity (Wildman–Crippen MR) is 106 cm³/mol. The minimum absolute atomic E-state index is 0.0143. The molecule has 0 fully saturated rings. The van der Waals surface area contributed by atoms with Gasteiger partial charge < -0.3 is 4.90 Å². The summed E-state index contributed by atoms with van der Waals surface area (Å²) in [6, 6.07) is 10.8. The van der Waals surface area contributed by atoms with E-state index in [4.69, 9.17) is 0 Å². The lowest BCUT2D eigenvalue weighted by molar-refractivity contribution is 0.0770. The van der Waals surface area contributed by atoms with Crippen molar-refractivity contribution in [2.75, 3.05) is 13.1 Å². The van der Waals surface area contributed by atoms with E-state index in [9.17, 15) is 14.4 Å². The zero-order chi connectivity index (χ0) is 19.8. The Kier molecular flexibility index (Phi) is 5.05. The molecule has 2 aromatic rings. The molecule has 0 bridgehead atoms. The fourth-order valence-electron chi connectivity index (χ4n) is 3.80. The van der Waals surface area contributed by atoms with Gasteiger partial charge in [-0.1, -0.05) is 32.0 Å². The van der Waals surface area contributed by atoms with Crippen LogP contribution in [0.5, 0.6) is 0 Å². The molecule has 142 valence electrons. The van der Waals surface area contributed by atoms with Crippen LogP contribution < -0.4 is 5.56 Å². The summed E-state index contributed by atoms with van der Waals surface area (Å²) in [6.07, 6.45) is 1.02. The zero-order valence-electron chi connectivity index (χ0n) is 16.4. The van der Waals surface area contributed by atoms with Crippen LogP contribution in [0.3, 0.4) is 0 Å². The summed E-state index contributed by atoms with van der Waals surface area (Å²) in [5.41, 5.74) is 1.35. The molecule has 0 spiro atoms. The van der Waals surface area contributed by atoms with Gasteiger partial charge in [-0.3, -0.25) is 19.0 Å². The molecule has 1 aliphatic carbocycles. The van der Waals surface area contributed by atoms with E-state index in [1.807, 2.05) is 58.0 Å². The van der Waals surface area contributed by atoms with E-state index >= 15 is 0 Å². The summed E-state index contributed by atoms with van der Waals surface area (Å²) in [5, 5.41) is 0. The average Bonchev–Trinajstić information content (AvgIpc) is 2.62. The third-order valence-electron chi connectivity index (χ3n) is 5.18. The van der Waals surface area contributed by atoms with E-state index in [1.54, 1.807) is 9.47 Å². The molecule has 1 aliphatic rings. The van der Waals surface area contributed by atoms with Crippen LogP contribution in [0.15, 0.2) is 41.2 Å². The fraction of sp³-hybridized carbons (Fsp3) is 0.409. The first-order chi connectivity index (χ1) is 12.8. The largest absolute Gasteiger partial charge is 0.339 e. The number of carbonyl (C=O) groups excluding carboxylic acids is 2. The van der Waals surface area contributed by atoms with Gasteiger partial charge in [0.2, 0.25) is 0 Å². The summed E-state index contributed by atoms with van der Waals surface area (Å²) >= 11 is 0. The molecule has 0 aliphatic heterocycles. The van der Waals surface area contributed by atoms with Crippen LogP contribution in [-0.2, 0) is 6.42 Å². The number of aromatic nitrogens is 1. The van der Waals surface area contributed by atoms with Crippen molar-refractivity contribution in [3.63, 3.8) is 0 Å². The number of nitrogens with zero attached hydrogens (tertiary/aromatic N) is 2. The number of pyridine rings is 1. The molecule has 0 unspecified atom stereocenters. The first-order valence-electron chi connectivity index (χ1n) is 9.46. The normalized spacial score (nSPS) is 15.3. The molecule has 1 aromatic heterocycles. The van der Waals surface area contributed by atoms with Crippen LogP contribution in [-0.4, -0.2) is 34.2 Å². The number of ketones is 1. The minimum Gasteiger partial charge on any atom is -0.339 e. The molecule has 27 heavy (non-hydrogen) atoms. The number of hydrogen-bond donors (Lipinski definition) is 0. The van der Waals surface area contributed by atoms with Gasteiger partial charge in [-0.05, 0) is 43.9 Å². The van der Waals surface area contributed by atoms with Crippen molar-refractivity contribution in [2.45, 2.75) is 40.5 Å². The van der Waals surface area contributed by atoms with Crippen molar-refractivity contribution >= 4 is 11.7 Å². The Bertz CT molecular complexity index is 938. The molecule has 1 heterocycles. The van der Waals surface area contributed by atoms with Gasteiger partial charge >= 0.3 is 0 Å². The number of para-hydroxylation sites is 1. The lowest BCUT2D eigenvalue weighted by Crippen LogP contribution is -2.40. The molecule has 0 N–H and O–H groups in total. The van der Waals surface area contributed by atoms with E-state index in [-0.39, 0.29) is 28.2 Å². The highest BCUT2D eigenvalue weighted by atomic mass is 16.2. The topological polar surface area (TPSA) is 59.4 Å². The van der Waals surface area contributed by atoms with E-state index in [0.717, 1.165) is 0 Å². The Morgan fingerprint density at radius 2 is 1.70 bits per heavy atom. The Hall–Kier alpha value is -2.69. The summed E-state index contributed by atoms with van der Waals surface area (Å²) in [5.74, 6) is -0.338. The van der Waals surface area contributed by atoms with Crippen molar-refractivity contribution in [1.29, 1.82) is 0 Å². The third-order valence-corrected chi connectivity index (χ3v) is 5.18. The van der Waals surface area contributed by atoms with Gasteiger partial charge in [0.15, 0.2) is 5.78 Å². The Morgan fingerprint density at radius 3 is 2.30 bits per heavy atom. The predicted octanol–water partition coefficient (Wildman–Crippen LogP) is 3.47. The van der Waals surface area contributed by atoms with Gasteiger partial charge in [0, 0.05) is 36.5 Å². The second kappa shape index (κ2) is 7.14. The molecule has 0 saturated heterocycles. The maximum absolute atomic E-state index is 13.3. The molecule has 1 aromatic carbocycles. The Morgan fingerprint density at radius 1 is 1.07 bits per heavy atom. The number of rotatable bonds is 4. The van der Waals surface area contributed by atoms with Crippen LogP contribution in [0.25, 0.3) is 5.69 Å². The SMILES string of the molecule is CCN(CC)C(=O)c1cc2c(n(-c3ccccc3)c1=O)CC(C)(C)CC2=O. The van der Waals surface area contributed by atoms with Crippen molar-refractivity contribution in [3.05, 3.63) is 63.6 Å². The van der Waals surface area contributed by atoms with Gasteiger partial charge in [-0.2, -0.15) is 0 Å². The summed E-state index contributed by atoms with van der Waals surface area (Å²) in [4.78, 5) is 40.7. The van der Waals surface area contributed by atoms with Crippen molar-refractivity contribution in [3.8, 4) is 5.69 Å². The zero-order valence-corrected chi connectivity index (χ0v) is 16.4. The highest BCUT2D eigenvalue weighted by molar-refractivity contribution is 6.02. The highest BCUT2D eigenvalue weighted by Gasteiger charge is 2.35. The molecule has 1 amide bonds. The second-order valence-corrected chi connectivity index (χ2v) is 7.81. The smallest absolute Gasteiger partial charge is 0.268 e. The van der Waals surface area contributed by atoms with Crippen molar-refractivity contribution in [2.24, 2.45) is 5.41 Å². The second-order valence-electron chi connectivity index (χ2n) is 7.81. The maximum Gasteiger partial charge on any atom is 0.268 e. The molecule has 0 atom stereocenters. The summed E-state index contributed by atoms with van der Waals surface area (Å²) in [6.45, 7) is 8.84. The first kappa shape index (κ1) is 19.1. The standard InChI is InChI=1S/C22H26N2O3/c1-5-23(6-2)20(26)17-12-16-18(13-22(3,4)14-19(16)25)24(21(17)27)15-10-8-7-9-11-15/h7-12H,5-6,13-14H2,1-4H3. The van der Waals surface area contributed by atoms with Gasteiger partial charge in [-0.15, -0.1) is 0 Å². The number of carbonyl (C=O) groups is 2. The molecule has 3 rings (SSSR count). The molecule has 5 nitrogen and oxygen atoms in total. The minimum atomic E-state index is -0.359. The van der Waals surface area contributed by atoms with Gasteiger partial charge in [0.1, 0.15) is 5.56 Å². The molecule has 0 saturated carbocycles. The van der Waals surface area contributed by atoms with Gasteiger partial charge in [-0.25, -0.2) is 0 Å². The van der Waals surface area contributed by atoms with E-state index in [2.05, 4.69) is 0 Å². The highest BCUT2D eigenvalue weighted by Crippen LogP contribution is 2.35. The van der Waals surface area contributed by atoms with Crippen molar-refractivity contribution in [1.82, 2.24) is 9.47 Å². The van der Waals surface area contributed by atoms with E-state index in [1.165, 1.54) is 6.07 Å². The maximum atomic E-state index is 13.3. The number of Topliss-reactive ketones (excluding diaryl/α,β-unsaturated/α-hetero) is 1. The van der Waals surface area contributed by atoms with Crippen molar-refractivity contribution < 1.29 is 9.59 Å². The van der Waals surface area contributed by atoms with Crippen LogP contribution >= 0.6 is 0 Å². The summed E-state index contributed by atoms with van der Waals surface area (Å²) in [7, 11) is 0. The van der Waals surface area contributed by atoms with Crippen LogP contribution in [0.4, 0.5) is 0 Å². The molecule has 5 heteroatoms. The van der Waals surface area contributed by atoms with Gasteiger partial charge in [0.05, 0.1) is 0 Å². The number of fused-ring (bicyclic) bond motifs is 1. The fourth-order valence-corrected chi connectivity index (χ4v) is 3.80. The number of amides is 1. The van der Waals surface area contributed by atoms with E-state index < -0.39 is 0 Å². The monoisotopic (exact) mass is 366 g/mol. The number of hydrogen-bond acceptors (Lipinski definition) is 3.